The lowest BCUT2D eigenvalue weighted by Gasteiger charge is -2.14. The summed E-state index contributed by atoms with van der Waals surface area (Å²) in [5, 5.41) is 3.90. The molecule has 29 heavy (non-hydrogen) atoms. The summed E-state index contributed by atoms with van der Waals surface area (Å²) in [6, 6.07) is 20.5. The molecule has 4 aromatic rings. The van der Waals surface area contributed by atoms with Crippen LogP contribution < -0.4 is 10.0 Å². The van der Waals surface area contributed by atoms with E-state index in [1.165, 1.54) is 11.1 Å². The van der Waals surface area contributed by atoms with Gasteiger partial charge in [-0.1, -0.05) is 29.8 Å². The smallest absolute Gasteiger partial charge is 0.182 e. The quantitative estimate of drug-likeness (QED) is 0.428. The monoisotopic (exact) mass is 422 g/mol. The van der Waals surface area contributed by atoms with Crippen LogP contribution in [0.4, 0.5) is 17.3 Å². The van der Waals surface area contributed by atoms with E-state index in [9.17, 15) is 4.21 Å². The lowest BCUT2D eigenvalue weighted by molar-refractivity contribution is 0.686. The van der Waals surface area contributed by atoms with E-state index in [0.717, 1.165) is 11.2 Å². The molecule has 5 nitrogen and oxygen atoms in total. The van der Waals surface area contributed by atoms with Crippen LogP contribution in [0.1, 0.15) is 11.1 Å². The SMILES string of the molecule is Cc1ccc(Nc2nc3ccccc3nc2NS(=O)c2ccc(Cl)cc2)cc1C. The molecule has 4 rings (SSSR count). The molecule has 0 aliphatic heterocycles. The van der Waals surface area contributed by atoms with Crippen LogP contribution in [0, 0.1) is 13.8 Å². The number of aryl methyl sites for hydroxylation is 2. The Balaban J connectivity index is 1.72. The van der Waals surface area contributed by atoms with Crippen molar-refractivity contribution in [2.75, 3.05) is 10.0 Å². The molecular formula is C22H19ClN4OS. The first kappa shape index (κ1) is 19.4. The molecule has 146 valence electrons. The maximum absolute atomic E-state index is 12.8. The number of aromatic nitrogens is 2. The number of hydrogen-bond acceptors (Lipinski definition) is 4. The highest BCUT2D eigenvalue weighted by Gasteiger charge is 2.13. The Morgan fingerprint density at radius 1 is 0.828 bits per heavy atom. The van der Waals surface area contributed by atoms with Gasteiger partial charge in [-0.25, -0.2) is 14.2 Å². The molecule has 0 spiro atoms. The standard InChI is InChI=1S/C22H19ClN4OS/c1-14-7-10-17(13-15(14)2)24-21-22(26-20-6-4-3-5-19(20)25-21)27-29(28)18-11-8-16(23)9-12-18/h3-13H,1-2H3,(H,24,25)(H,26,27). The minimum absolute atomic E-state index is 0.412. The number of nitrogens with one attached hydrogen (secondary N) is 2. The highest BCUT2D eigenvalue weighted by Crippen LogP contribution is 2.27. The zero-order chi connectivity index (χ0) is 20.4. The molecule has 1 heterocycles. The van der Waals surface area contributed by atoms with Crippen LogP contribution in [-0.4, -0.2) is 14.2 Å². The molecule has 2 N–H and O–H groups in total. The molecule has 1 aromatic heterocycles. The van der Waals surface area contributed by atoms with Gasteiger partial charge in [0.25, 0.3) is 0 Å². The van der Waals surface area contributed by atoms with Crippen molar-refractivity contribution in [2.24, 2.45) is 0 Å². The fourth-order valence-electron chi connectivity index (χ4n) is 2.82. The molecule has 0 bridgehead atoms. The first-order valence-corrected chi connectivity index (χ1v) is 10.6. The lowest BCUT2D eigenvalue weighted by Crippen LogP contribution is -2.10. The maximum Gasteiger partial charge on any atom is 0.182 e. The topological polar surface area (TPSA) is 66.9 Å². The number of nitrogens with zero attached hydrogens (tertiary/aromatic N) is 2. The van der Waals surface area contributed by atoms with Gasteiger partial charge in [0.05, 0.1) is 15.9 Å². The Kier molecular flexibility index (Phi) is 5.47. The van der Waals surface area contributed by atoms with Gasteiger partial charge in [-0.3, -0.25) is 4.72 Å². The van der Waals surface area contributed by atoms with Crippen molar-refractivity contribution < 1.29 is 4.21 Å². The third-order valence-corrected chi connectivity index (χ3v) is 5.89. The average molecular weight is 423 g/mol. The van der Waals surface area contributed by atoms with Crippen molar-refractivity contribution in [3.05, 3.63) is 82.9 Å². The van der Waals surface area contributed by atoms with Gasteiger partial charge in [0.1, 0.15) is 0 Å². The van der Waals surface area contributed by atoms with E-state index in [-0.39, 0.29) is 0 Å². The van der Waals surface area contributed by atoms with E-state index in [1.807, 2.05) is 42.5 Å². The Labute approximate surface area is 176 Å². The number of anilines is 3. The van der Waals surface area contributed by atoms with E-state index in [1.54, 1.807) is 24.3 Å². The van der Waals surface area contributed by atoms with Crippen molar-refractivity contribution in [3.8, 4) is 0 Å². The number of para-hydroxylation sites is 2. The zero-order valence-corrected chi connectivity index (χ0v) is 17.5. The zero-order valence-electron chi connectivity index (χ0n) is 15.9. The molecule has 1 atom stereocenters. The van der Waals surface area contributed by atoms with Gasteiger partial charge < -0.3 is 5.32 Å². The summed E-state index contributed by atoms with van der Waals surface area (Å²) in [4.78, 5) is 9.93. The predicted octanol–water partition coefficient (Wildman–Crippen LogP) is 5.78. The van der Waals surface area contributed by atoms with E-state index in [0.29, 0.717) is 27.1 Å². The number of benzene rings is 3. The molecule has 0 saturated heterocycles. The third kappa shape index (κ3) is 4.39. The summed E-state index contributed by atoms with van der Waals surface area (Å²) >= 11 is 5.93. The first-order valence-electron chi connectivity index (χ1n) is 9.05. The van der Waals surface area contributed by atoms with Crippen molar-refractivity contribution in [2.45, 2.75) is 18.7 Å². The average Bonchev–Trinajstić information content (AvgIpc) is 2.71. The van der Waals surface area contributed by atoms with Gasteiger partial charge in [-0.05, 0) is 73.5 Å². The Morgan fingerprint density at radius 3 is 2.14 bits per heavy atom. The van der Waals surface area contributed by atoms with Crippen molar-refractivity contribution >= 4 is 50.9 Å². The number of rotatable bonds is 5. The highest BCUT2D eigenvalue weighted by molar-refractivity contribution is 7.86. The first-order chi connectivity index (χ1) is 14.0. The maximum atomic E-state index is 12.8. The molecule has 3 aromatic carbocycles. The van der Waals surface area contributed by atoms with Crippen LogP contribution in [0.15, 0.2) is 71.6 Å². The molecule has 0 saturated carbocycles. The second-order valence-corrected chi connectivity index (χ2v) is 8.31. The third-order valence-electron chi connectivity index (χ3n) is 4.56. The molecule has 0 radical (unpaired) electrons. The van der Waals surface area contributed by atoms with Gasteiger partial charge in [-0.2, -0.15) is 0 Å². The Bertz CT molecular complexity index is 1210. The minimum atomic E-state index is -1.51. The largest absolute Gasteiger partial charge is 0.337 e. The minimum Gasteiger partial charge on any atom is -0.337 e. The summed E-state index contributed by atoms with van der Waals surface area (Å²) < 4.78 is 15.8. The Hall–Kier alpha value is -2.96. The van der Waals surface area contributed by atoms with Crippen molar-refractivity contribution in [1.29, 1.82) is 0 Å². The summed E-state index contributed by atoms with van der Waals surface area (Å²) in [5.74, 6) is 0.921. The number of fused-ring (bicyclic) bond motifs is 1. The van der Waals surface area contributed by atoms with Crippen molar-refractivity contribution in [1.82, 2.24) is 9.97 Å². The summed E-state index contributed by atoms with van der Waals surface area (Å²) in [7, 11) is -1.51. The van der Waals surface area contributed by atoms with E-state index < -0.39 is 11.0 Å². The van der Waals surface area contributed by atoms with Crippen LogP contribution >= 0.6 is 11.6 Å². The van der Waals surface area contributed by atoms with Crippen LogP contribution in [-0.2, 0) is 11.0 Å². The predicted molar refractivity (Wildman–Crippen MR) is 120 cm³/mol. The molecule has 0 fully saturated rings. The lowest BCUT2D eigenvalue weighted by atomic mass is 10.1. The second kappa shape index (κ2) is 8.19. The summed E-state index contributed by atoms with van der Waals surface area (Å²) in [5.41, 5.74) is 4.73. The molecule has 0 aliphatic rings. The van der Waals surface area contributed by atoms with E-state index in [4.69, 9.17) is 16.6 Å². The van der Waals surface area contributed by atoms with Gasteiger partial charge in [0.2, 0.25) is 0 Å². The van der Waals surface area contributed by atoms with Gasteiger partial charge >= 0.3 is 0 Å². The van der Waals surface area contributed by atoms with Gasteiger partial charge in [-0.15, -0.1) is 0 Å². The highest BCUT2D eigenvalue weighted by atomic mass is 35.5. The molecular weight excluding hydrogens is 404 g/mol. The molecule has 0 aliphatic carbocycles. The van der Waals surface area contributed by atoms with Gasteiger partial charge in [0.15, 0.2) is 22.6 Å². The normalized spacial score (nSPS) is 12.0. The van der Waals surface area contributed by atoms with Crippen molar-refractivity contribution in [3.63, 3.8) is 0 Å². The molecule has 1 unspecified atom stereocenters. The van der Waals surface area contributed by atoms with E-state index >= 15 is 0 Å². The Morgan fingerprint density at radius 2 is 1.48 bits per heavy atom. The van der Waals surface area contributed by atoms with E-state index in [2.05, 4.69) is 28.9 Å². The molecule has 7 heteroatoms. The number of halogens is 1. The van der Waals surface area contributed by atoms with Gasteiger partial charge in [0, 0.05) is 10.7 Å². The molecule has 0 amide bonds. The second-order valence-electron chi connectivity index (χ2n) is 6.66. The van der Waals surface area contributed by atoms with Crippen LogP contribution in [0.2, 0.25) is 5.02 Å². The number of hydrogen-bond donors (Lipinski definition) is 2. The fraction of sp³-hybridized carbons (Fsp3) is 0.0909. The van der Waals surface area contributed by atoms with Crippen LogP contribution in [0.3, 0.4) is 0 Å². The summed E-state index contributed by atoms with van der Waals surface area (Å²) in [6.45, 7) is 4.12. The van der Waals surface area contributed by atoms with Crippen LogP contribution in [0.5, 0.6) is 0 Å². The fourth-order valence-corrected chi connectivity index (χ4v) is 3.76. The summed E-state index contributed by atoms with van der Waals surface area (Å²) in [6.07, 6.45) is 0. The van der Waals surface area contributed by atoms with Crippen LogP contribution in [0.25, 0.3) is 11.0 Å².